The minimum absolute atomic E-state index is 0.196. The number of hydrogen-bond acceptors (Lipinski definition) is 5. The number of pyridine rings is 1. The van der Waals surface area contributed by atoms with Gasteiger partial charge in [-0.2, -0.15) is 0 Å². The molecule has 0 atom stereocenters. The Balaban J connectivity index is 2.23. The molecule has 0 saturated carbocycles. The zero-order chi connectivity index (χ0) is 24.1. The molecule has 0 unspecified atom stereocenters. The van der Waals surface area contributed by atoms with Gasteiger partial charge in [-0.3, -0.25) is 23.9 Å². The molecule has 3 aromatic rings. The zero-order valence-corrected chi connectivity index (χ0v) is 19.6. The number of amides is 2. The van der Waals surface area contributed by atoms with Crippen LogP contribution in [0.15, 0.2) is 65.5 Å². The van der Waals surface area contributed by atoms with Gasteiger partial charge < -0.3 is 15.1 Å². The summed E-state index contributed by atoms with van der Waals surface area (Å²) in [5.74, 6) is -0.111. The van der Waals surface area contributed by atoms with Gasteiger partial charge in [-0.05, 0) is 43.3 Å². The number of carbonyl (C=O) groups is 2. The smallest absolute Gasteiger partial charge is 0.259 e. The quantitative estimate of drug-likeness (QED) is 0.534. The summed E-state index contributed by atoms with van der Waals surface area (Å²) in [5.41, 5.74) is 2.49. The Kier molecular flexibility index (Phi) is 7.17. The average Bonchev–Trinajstić information content (AvgIpc) is 2.82. The maximum atomic E-state index is 13.5. The molecule has 0 spiro atoms. The zero-order valence-electron chi connectivity index (χ0n) is 19.6. The lowest BCUT2D eigenvalue weighted by Gasteiger charge is -2.27. The van der Waals surface area contributed by atoms with Crippen molar-refractivity contribution in [2.75, 3.05) is 42.8 Å². The highest BCUT2D eigenvalue weighted by molar-refractivity contribution is 6.07. The average molecular weight is 448 g/mol. The lowest BCUT2D eigenvalue weighted by Crippen LogP contribution is -2.34. The molecule has 8 nitrogen and oxygen atoms in total. The Bertz CT molecular complexity index is 1190. The summed E-state index contributed by atoms with van der Waals surface area (Å²) < 4.78 is 1.32. The largest absolute Gasteiger partial charge is 0.378 e. The molecule has 0 bridgehead atoms. The van der Waals surface area contributed by atoms with Crippen molar-refractivity contribution >= 4 is 40.9 Å². The van der Waals surface area contributed by atoms with Crippen LogP contribution >= 0.6 is 0 Å². The van der Waals surface area contributed by atoms with Gasteiger partial charge in [-0.25, -0.2) is 0 Å². The van der Waals surface area contributed by atoms with E-state index in [0.29, 0.717) is 30.0 Å². The topological polar surface area (TPSA) is 77.9 Å². The van der Waals surface area contributed by atoms with Crippen LogP contribution in [-0.4, -0.2) is 49.5 Å². The summed E-state index contributed by atoms with van der Waals surface area (Å²) in [6.45, 7) is 2.33. The predicted octanol–water partition coefficient (Wildman–Crippen LogP) is 3.58. The molecular formula is C25H29N5O3. The molecule has 0 aliphatic carbocycles. The van der Waals surface area contributed by atoms with E-state index in [2.05, 4.69) is 5.32 Å². The van der Waals surface area contributed by atoms with Crippen LogP contribution in [0.4, 0.5) is 28.6 Å². The molecule has 33 heavy (non-hydrogen) atoms. The van der Waals surface area contributed by atoms with E-state index in [1.54, 1.807) is 38.4 Å². The van der Waals surface area contributed by atoms with Crippen molar-refractivity contribution in [3.8, 4) is 0 Å². The number of para-hydroxylation sites is 1. The minimum Gasteiger partial charge on any atom is -0.378 e. The van der Waals surface area contributed by atoms with Crippen molar-refractivity contribution in [1.82, 2.24) is 9.47 Å². The summed E-state index contributed by atoms with van der Waals surface area (Å²) in [7, 11) is 7.13. The number of aromatic nitrogens is 1. The molecule has 2 amide bonds. The first kappa shape index (κ1) is 23.6. The van der Waals surface area contributed by atoms with Crippen molar-refractivity contribution in [3.05, 3.63) is 76.6 Å². The van der Waals surface area contributed by atoms with Gasteiger partial charge in [-0.1, -0.05) is 18.2 Å². The number of rotatable bonds is 8. The maximum absolute atomic E-state index is 13.5. The summed E-state index contributed by atoms with van der Waals surface area (Å²) in [5, 5.41) is 3.22. The molecule has 0 aliphatic rings. The van der Waals surface area contributed by atoms with Crippen LogP contribution in [0.1, 0.15) is 17.3 Å². The van der Waals surface area contributed by atoms with Crippen LogP contribution in [0.3, 0.4) is 0 Å². The highest BCUT2D eigenvalue weighted by Crippen LogP contribution is 2.33. The molecule has 8 heteroatoms. The van der Waals surface area contributed by atoms with Crippen LogP contribution in [0.2, 0.25) is 0 Å². The molecular weight excluding hydrogens is 418 g/mol. The second-order valence-electron chi connectivity index (χ2n) is 7.85. The first-order chi connectivity index (χ1) is 15.8. The van der Waals surface area contributed by atoms with E-state index in [1.807, 2.05) is 56.3 Å². The third-order valence-electron chi connectivity index (χ3n) is 5.47. The number of carbonyl (C=O) groups excluding carboxylic acids is 2. The summed E-state index contributed by atoms with van der Waals surface area (Å²) >= 11 is 0. The van der Waals surface area contributed by atoms with Gasteiger partial charge in [0.25, 0.3) is 11.5 Å². The highest BCUT2D eigenvalue weighted by atomic mass is 16.2. The van der Waals surface area contributed by atoms with Crippen LogP contribution in [0, 0.1) is 0 Å². The van der Waals surface area contributed by atoms with E-state index in [-0.39, 0.29) is 22.8 Å². The first-order valence-corrected chi connectivity index (χ1v) is 10.6. The molecule has 0 radical (unpaired) electrons. The third kappa shape index (κ3) is 4.90. The Morgan fingerprint density at radius 3 is 2.18 bits per heavy atom. The molecule has 1 N–H and O–H groups in total. The van der Waals surface area contributed by atoms with Crippen molar-refractivity contribution in [3.63, 3.8) is 0 Å². The lowest BCUT2D eigenvalue weighted by molar-refractivity contribution is -0.106. The number of anilines is 5. The second-order valence-corrected chi connectivity index (χ2v) is 7.85. The Morgan fingerprint density at radius 2 is 1.64 bits per heavy atom. The van der Waals surface area contributed by atoms with Gasteiger partial charge in [0.15, 0.2) is 0 Å². The first-order valence-electron chi connectivity index (χ1n) is 10.6. The fourth-order valence-corrected chi connectivity index (χ4v) is 3.43. The molecule has 1 heterocycles. The number of nitrogens with zero attached hydrogens (tertiary/aromatic N) is 4. The van der Waals surface area contributed by atoms with E-state index in [1.165, 1.54) is 20.4 Å². The summed E-state index contributed by atoms with van der Waals surface area (Å²) in [6, 6.07) is 17.9. The third-order valence-corrected chi connectivity index (χ3v) is 5.47. The lowest BCUT2D eigenvalue weighted by atomic mass is 10.1. The van der Waals surface area contributed by atoms with E-state index in [9.17, 15) is 14.4 Å². The summed E-state index contributed by atoms with van der Waals surface area (Å²) in [4.78, 5) is 43.4. The molecule has 0 fully saturated rings. The van der Waals surface area contributed by atoms with E-state index >= 15 is 0 Å². The van der Waals surface area contributed by atoms with Crippen LogP contribution in [0.5, 0.6) is 0 Å². The highest BCUT2D eigenvalue weighted by Gasteiger charge is 2.27. The Morgan fingerprint density at radius 1 is 1.00 bits per heavy atom. The number of nitrogens with one attached hydrogen (secondary N) is 1. The fourth-order valence-electron chi connectivity index (χ4n) is 3.43. The molecule has 3 rings (SSSR count). The standard InChI is InChI=1S/C25H29N5O3/c1-6-28(4)25(33)23-21(26-18-12-14-19(15-13-18)27(2)3)16-22(32)29(5)24(23)30(17-31)20-10-8-7-9-11-20/h7-17,26H,6H2,1-5H3. The summed E-state index contributed by atoms with van der Waals surface area (Å²) in [6.07, 6.45) is 0.614. The van der Waals surface area contributed by atoms with Crippen molar-refractivity contribution < 1.29 is 9.59 Å². The molecule has 0 saturated heterocycles. The Hall–Kier alpha value is -4.07. The van der Waals surface area contributed by atoms with E-state index in [0.717, 1.165) is 5.69 Å². The van der Waals surface area contributed by atoms with Crippen LogP contribution in [-0.2, 0) is 11.8 Å². The molecule has 2 aromatic carbocycles. The Labute approximate surface area is 193 Å². The predicted molar refractivity (Wildman–Crippen MR) is 133 cm³/mol. The van der Waals surface area contributed by atoms with Gasteiger partial charge in [-0.15, -0.1) is 0 Å². The number of benzene rings is 2. The van der Waals surface area contributed by atoms with Gasteiger partial charge in [0.2, 0.25) is 6.41 Å². The number of hydrogen-bond donors (Lipinski definition) is 1. The molecule has 0 aliphatic heterocycles. The van der Waals surface area contributed by atoms with Gasteiger partial charge >= 0.3 is 0 Å². The van der Waals surface area contributed by atoms with Gasteiger partial charge in [0.05, 0.1) is 11.4 Å². The maximum Gasteiger partial charge on any atom is 0.259 e. The van der Waals surface area contributed by atoms with Gasteiger partial charge in [0.1, 0.15) is 11.4 Å². The fraction of sp³-hybridized carbons (Fsp3) is 0.240. The molecule has 1 aromatic heterocycles. The normalized spacial score (nSPS) is 10.5. The van der Waals surface area contributed by atoms with Crippen molar-refractivity contribution in [2.45, 2.75) is 6.92 Å². The second kappa shape index (κ2) is 10.0. The van der Waals surface area contributed by atoms with Crippen LogP contribution in [0.25, 0.3) is 0 Å². The molecule has 172 valence electrons. The van der Waals surface area contributed by atoms with E-state index in [4.69, 9.17) is 0 Å². The minimum atomic E-state index is -0.351. The van der Waals surface area contributed by atoms with Crippen molar-refractivity contribution in [2.24, 2.45) is 7.05 Å². The monoisotopic (exact) mass is 447 g/mol. The van der Waals surface area contributed by atoms with E-state index < -0.39 is 0 Å². The SMILES string of the molecule is CCN(C)C(=O)c1c(Nc2ccc(N(C)C)cc2)cc(=O)n(C)c1N(C=O)c1ccccc1. The van der Waals surface area contributed by atoms with Crippen molar-refractivity contribution in [1.29, 1.82) is 0 Å². The van der Waals surface area contributed by atoms with Gasteiger partial charge in [0, 0.05) is 52.2 Å². The van der Waals surface area contributed by atoms with Crippen LogP contribution < -0.4 is 20.7 Å².